The molecule has 0 radical (unpaired) electrons. The van der Waals surface area contributed by atoms with Crippen molar-refractivity contribution in [2.75, 3.05) is 26.3 Å². The summed E-state index contributed by atoms with van der Waals surface area (Å²) in [7, 11) is 0. The van der Waals surface area contributed by atoms with Gasteiger partial charge in [-0.1, -0.05) is 55.7 Å². The molecule has 0 spiro atoms. The third-order valence-corrected chi connectivity index (χ3v) is 5.34. The fourth-order valence-corrected chi connectivity index (χ4v) is 3.84. The van der Waals surface area contributed by atoms with Gasteiger partial charge in [0.05, 0.1) is 29.7 Å². The molecule has 0 fully saturated rings. The molecule has 3 aromatic rings. The van der Waals surface area contributed by atoms with Crippen LogP contribution < -0.4 is 4.74 Å². The normalized spacial score (nSPS) is 12.2. The Balaban J connectivity index is 1.93. The van der Waals surface area contributed by atoms with Crippen LogP contribution in [-0.2, 0) is 11.3 Å². The van der Waals surface area contributed by atoms with Gasteiger partial charge in [0.15, 0.2) is 0 Å². The summed E-state index contributed by atoms with van der Waals surface area (Å²) in [5.74, 6) is 4.29. The summed E-state index contributed by atoms with van der Waals surface area (Å²) in [5.41, 5.74) is 3.97. The zero-order valence-corrected chi connectivity index (χ0v) is 20.6. The maximum absolute atomic E-state index is 10.5. The van der Waals surface area contributed by atoms with Crippen molar-refractivity contribution in [3.63, 3.8) is 0 Å². The molecule has 2 aromatic carbocycles. The number of para-hydroxylation sites is 1. The van der Waals surface area contributed by atoms with Gasteiger partial charge in [-0.2, -0.15) is 5.10 Å². The van der Waals surface area contributed by atoms with Gasteiger partial charge in [-0.3, -0.25) is 4.90 Å². The first kappa shape index (κ1) is 25.5. The van der Waals surface area contributed by atoms with Crippen LogP contribution in [0.2, 0.25) is 0 Å². The molecule has 1 aromatic heterocycles. The Labute approximate surface area is 203 Å². The maximum atomic E-state index is 10.5. The van der Waals surface area contributed by atoms with E-state index in [1.54, 1.807) is 0 Å². The summed E-state index contributed by atoms with van der Waals surface area (Å²) in [4.78, 5) is 2.22. The number of hydrogen-bond donors (Lipinski definition) is 1. The van der Waals surface area contributed by atoms with Gasteiger partial charge in [0.2, 0.25) is 5.88 Å². The zero-order chi connectivity index (χ0) is 24.5. The number of benzene rings is 2. The lowest BCUT2D eigenvalue weighted by Crippen LogP contribution is -2.37. The largest absolute Gasteiger partial charge is 0.439 e. The van der Waals surface area contributed by atoms with E-state index in [0.717, 1.165) is 29.2 Å². The second-order valence-electron chi connectivity index (χ2n) is 8.99. The Hall–Kier alpha value is -3.11. The molecule has 0 saturated heterocycles. The summed E-state index contributed by atoms with van der Waals surface area (Å²) in [5, 5.41) is 15.4. The molecular weight excluding hydrogens is 426 g/mol. The van der Waals surface area contributed by atoms with E-state index < -0.39 is 6.10 Å². The molecule has 0 amide bonds. The molecule has 3 rings (SSSR count). The van der Waals surface area contributed by atoms with Crippen molar-refractivity contribution in [2.24, 2.45) is 5.92 Å². The van der Waals surface area contributed by atoms with Crippen molar-refractivity contribution in [2.45, 2.75) is 40.3 Å². The highest BCUT2D eigenvalue weighted by Gasteiger charge is 2.23. The molecule has 1 N–H and O–H groups in total. The Morgan fingerprint density at radius 3 is 2.41 bits per heavy atom. The van der Waals surface area contributed by atoms with Gasteiger partial charge < -0.3 is 14.6 Å². The van der Waals surface area contributed by atoms with E-state index in [-0.39, 0.29) is 13.2 Å². The van der Waals surface area contributed by atoms with Gasteiger partial charge in [0.1, 0.15) is 12.4 Å². The van der Waals surface area contributed by atoms with Crippen LogP contribution in [0.3, 0.4) is 0 Å². The lowest BCUT2D eigenvalue weighted by atomic mass is 10.1. The Kier molecular flexibility index (Phi) is 9.29. The summed E-state index contributed by atoms with van der Waals surface area (Å²) in [6.45, 7) is 10.6. The number of terminal acetylenes is 1. The topological polar surface area (TPSA) is 59.8 Å². The van der Waals surface area contributed by atoms with Gasteiger partial charge in [-0.15, -0.1) is 6.42 Å². The highest BCUT2D eigenvalue weighted by Crippen LogP contribution is 2.32. The van der Waals surface area contributed by atoms with Gasteiger partial charge in [-0.05, 0) is 44.0 Å². The average molecular weight is 462 g/mol. The number of nitrogens with zero attached hydrogens (tertiary/aromatic N) is 3. The fourth-order valence-electron chi connectivity index (χ4n) is 3.84. The monoisotopic (exact) mass is 461 g/mol. The van der Waals surface area contributed by atoms with Crippen molar-refractivity contribution in [1.29, 1.82) is 0 Å². The molecule has 0 bridgehead atoms. The van der Waals surface area contributed by atoms with Crippen LogP contribution in [-0.4, -0.2) is 52.2 Å². The molecule has 0 aliphatic heterocycles. The number of aliphatic hydroxyl groups is 1. The molecule has 6 heteroatoms. The fraction of sp³-hybridized carbons (Fsp3) is 0.393. The Bertz CT molecular complexity index is 1070. The molecule has 0 saturated carbocycles. The molecule has 1 atom stereocenters. The molecule has 34 heavy (non-hydrogen) atoms. The Morgan fingerprint density at radius 1 is 1.06 bits per heavy atom. The lowest BCUT2D eigenvalue weighted by Gasteiger charge is -2.27. The summed E-state index contributed by atoms with van der Waals surface area (Å²) >= 11 is 0. The number of hydrogen-bond acceptors (Lipinski definition) is 5. The maximum Gasteiger partial charge on any atom is 0.227 e. The smallest absolute Gasteiger partial charge is 0.227 e. The van der Waals surface area contributed by atoms with Crippen molar-refractivity contribution in [1.82, 2.24) is 14.7 Å². The predicted molar refractivity (Wildman–Crippen MR) is 135 cm³/mol. The van der Waals surface area contributed by atoms with E-state index >= 15 is 0 Å². The van der Waals surface area contributed by atoms with Crippen LogP contribution in [0, 0.1) is 32.1 Å². The first-order chi connectivity index (χ1) is 16.4. The molecule has 0 aliphatic carbocycles. The summed E-state index contributed by atoms with van der Waals surface area (Å²) in [6.07, 6.45) is 4.61. The van der Waals surface area contributed by atoms with Gasteiger partial charge >= 0.3 is 0 Å². The molecule has 1 heterocycles. The van der Waals surface area contributed by atoms with Crippen molar-refractivity contribution in [3.8, 4) is 29.7 Å². The number of aromatic nitrogens is 2. The minimum Gasteiger partial charge on any atom is -0.439 e. The zero-order valence-electron chi connectivity index (χ0n) is 20.6. The van der Waals surface area contributed by atoms with Crippen LogP contribution in [0.25, 0.3) is 5.69 Å². The standard InChI is InChI=1S/C28H35N3O3/c1-6-16-33-20-25(32)18-30(17-21(2)3)19-27-23(5)29-31(24-10-8-7-9-11-24)28(27)34-26-14-12-22(4)13-15-26/h1,7-15,21,25,32H,16-20H2,2-5H3/t25-/m0/s1. The van der Waals surface area contributed by atoms with E-state index in [2.05, 4.69) is 31.6 Å². The highest BCUT2D eigenvalue weighted by atomic mass is 16.5. The lowest BCUT2D eigenvalue weighted by molar-refractivity contribution is 0.0236. The minimum atomic E-state index is -0.641. The Morgan fingerprint density at radius 2 is 1.76 bits per heavy atom. The molecule has 6 nitrogen and oxygen atoms in total. The van der Waals surface area contributed by atoms with Crippen LogP contribution in [0.1, 0.15) is 30.7 Å². The molecule has 0 aliphatic rings. The van der Waals surface area contributed by atoms with Crippen molar-refractivity contribution in [3.05, 3.63) is 71.4 Å². The summed E-state index contributed by atoms with van der Waals surface area (Å²) in [6, 6.07) is 18.0. The second-order valence-corrected chi connectivity index (χ2v) is 8.99. The van der Waals surface area contributed by atoms with E-state index in [1.165, 1.54) is 5.56 Å². The third kappa shape index (κ3) is 7.19. The predicted octanol–water partition coefficient (Wildman–Crippen LogP) is 4.75. The quantitative estimate of drug-likeness (QED) is 0.312. The first-order valence-electron chi connectivity index (χ1n) is 11.7. The SMILES string of the molecule is C#CCOC[C@@H](O)CN(Cc1c(C)nn(-c2ccccc2)c1Oc1ccc(C)cc1)CC(C)C. The van der Waals surface area contributed by atoms with Crippen LogP contribution >= 0.6 is 0 Å². The minimum absolute atomic E-state index is 0.193. The van der Waals surface area contributed by atoms with Gasteiger partial charge in [0.25, 0.3) is 0 Å². The van der Waals surface area contributed by atoms with Crippen LogP contribution in [0.15, 0.2) is 54.6 Å². The van der Waals surface area contributed by atoms with E-state index in [4.69, 9.17) is 21.0 Å². The number of aryl methyl sites for hydroxylation is 2. The van der Waals surface area contributed by atoms with Crippen molar-refractivity contribution < 1.29 is 14.6 Å². The third-order valence-electron chi connectivity index (χ3n) is 5.34. The van der Waals surface area contributed by atoms with Crippen molar-refractivity contribution >= 4 is 0 Å². The number of ether oxygens (including phenoxy) is 2. The number of rotatable bonds is 12. The van der Waals surface area contributed by atoms with Crippen LogP contribution in [0.4, 0.5) is 0 Å². The molecule has 0 unspecified atom stereocenters. The van der Waals surface area contributed by atoms with E-state index in [1.807, 2.05) is 66.2 Å². The number of aliphatic hydroxyl groups excluding tert-OH is 1. The van der Waals surface area contributed by atoms with E-state index in [0.29, 0.717) is 24.9 Å². The average Bonchev–Trinajstić information content (AvgIpc) is 3.10. The van der Waals surface area contributed by atoms with E-state index in [9.17, 15) is 5.11 Å². The first-order valence-corrected chi connectivity index (χ1v) is 11.7. The molecular formula is C28H35N3O3. The summed E-state index contributed by atoms with van der Waals surface area (Å²) < 4.78 is 13.6. The second kappa shape index (κ2) is 12.4. The highest BCUT2D eigenvalue weighted by molar-refractivity contribution is 5.43. The molecule has 180 valence electrons. The van der Waals surface area contributed by atoms with Gasteiger partial charge in [0, 0.05) is 19.6 Å². The van der Waals surface area contributed by atoms with Crippen LogP contribution in [0.5, 0.6) is 11.6 Å². The van der Waals surface area contributed by atoms with Gasteiger partial charge in [-0.25, -0.2) is 4.68 Å².